The van der Waals surface area contributed by atoms with Crippen molar-refractivity contribution in [3.05, 3.63) is 58.9 Å². The van der Waals surface area contributed by atoms with Gasteiger partial charge in [-0.3, -0.25) is 4.99 Å². The molecule has 0 spiro atoms. The van der Waals surface area contributed by atoms with E-state index >= 15 is 0 Å². The second-order valence-corrected chi connectivity index (χ2v) is 7.09. The number of halogens is 2. The van der Waals surface area contributed by atoms with Gasteiger partial charge in [0.25, 0.3) is 0 Å². The van der Waals surface area contributed by atoms with Crippen molar-refractivity contribution in [3.8, 4) is 5.75 Å². The summed E-state index contributed by atoms with van der Waals surface area (Å²) < 4.78 is 5.23. The Labute approximate surface area is 184 Å². The molecule has 0 radical (unpaired) electrons. The fourth-order valence-electron chi connectivity index (χ4n) is 2.55. The number of nitrogens with zero attached hydrogens (tertiary/aromatic N) is 2. The average molecular weight is 503 g/mol. The standard InChI is InChI=1S/C20H27ClN4O.HI/c1-20(2,16-6-8-17(26-4)9-7-16)14-25-19(22-3)23-12-11-15-5-10-18(21)24-13-15;/h5-10,13H,11-12,14H2,1-4H3,(H2,22,23,25);1H. The molecule has 0 saturated carbocycles. The summed E-state index contributed by atoms with van der Waals surface area (Å²) in [4.78, 5) is 8.39. The molecule has 148 valence electrons. The van der Waals surface area contributed by atoms with Crippen LogP contribution in [-0.4, -0.2) is 38.2 Å². The highest BCUT2D eigenvalue weighted by atomic mass is 127. The van der Waals surface area contributed by atoms with Gasteiger partial charge in [0.15, 0.2) is 5.96 Å². The number of benzene rings is 1. The first-order valence-corrected chi connectivity index (χ1v) is 9.02. The van der Waals surface area contributed by atoms with Gasteiger partial charge in [0.05, 0.1) is 7.11 Å². The van der Waals surface area contributed by atoms with Gasteiger partial charge in [-0.1, -0.05) is 43.6 Å². The van der Waals surface area contributed by atoms with E-state index in [-0.39, 0.29) is 29.4 Å². The SMILES string of the molecule is CN=C(NCCc1ccc(Cl)nc1)NCC(C)(C)c1ccc(OC)cc1.I. The van der Waals surface area contributed by atoms with Gasteiger partial charge in [0.1, 0.15) is 10.9 Å². The second-order valence-electron chi connectivity index (χ2n) is 6.70. The fourth-order valence-corrected chi connectivity index (χ4v) is 2.66. The van der Waals surface area contributed by atoms with Crippen molar-refractivity contribution in [2.75, 3.05) is 27.2 Å². The molecule has 0 aliphatic heterocycles. The minimum absolute atomic E-state index is 0. The Balaban J connectivity index is 0.00000364. The zero-order chi connectivity index (χ0) is 19.0. The third kappa shape index (κ3) is 7.54. The van der Waals surface area contributed by atoms with E-state index in [9.17, 15) is 0 Å². The molecule has 27 heavy (non-hydrogen) atoms. The topological polar surface area (TPSA) is 58.5 Å². The molecule has 0 amide bonds. The summed E-state index contributed by atoms with van der Waals surface area (Å²) in [7, 11) is 3.46. The van der Waals surface area contributed by atoms with Crippen molar-refractivity contribution in [2.24, 2.45) is 4.99 Å². The number of rotatable bonds is 7. The van der Waals surface area contributed by atoms with E-state index in [0.717, 1.165) is 36.8 Å². The number of guanidine groups is 1. The Bertz CT molecular complexity index is 718. The van der Waals surface area contributed by atoms with E-state index in [1.165, 1.54) is 5.56 Å². The van der Waals surface area contributed by atoms with Crippen LogP contribution >= 0.6 is 35.6 Å². The molecular weight excluding hydrogens is 475 g/mol. The van der Waals surface area contributed by atoms with E-state index in [2.05, 4.69) is 46.6 Å². The van der Waals surface area contributed by atoms with E-state index in [1.54, 1.807) is 26.4 Å². The van der Waals surface area contributed by atoms with Gasteiger partial charge in [0.2, 0.25) is 0 Å². The molecule has 5 nitrogen and oxygen atoms in total. The zero-order valence-electron chi connectivity index (χ0n) is 16.3. The first kappa shape index (κ1) is 23.5. The second kappa shape index (κ2) is 11.3. The molecule has 0 atom stereocenters. The molecule has 7 heteroatoms. The number of methoxy groups -OCH3 is 1. The number of ether oxygens (including phenoxy) is 1. The van der Waals surface area contributed by atoms with Gasteiger partial charge in [-0.05, 0) is 35.7 Å². The Morgan fingerprint density at radius 2 is 1.85 bits per heavy atom. The first-order chi connectivity index (χ1) is 12.4. The fraction of sp³-hybridized carbons (Fsp3) is 0.400. The lowest BCUT2D eigenvalue weighted by Crippen LogP contribution is -2.44. The van der Waals surface area contributed by atoms with E-state index in [1.807, 2.05) is 18.2 Å². The zero-order valence-corrected chi connectivity index (χ0v) is 19.3. The lowest BCUT2D eigenvalue weighted by molar-refractivity contribution is 0.414. The number of hydrogen-bond donors (Lipinski definition) is 2. The summed E-state index contributed by atoms with van der Waals surface area (Å²) in [5.74, 6) is 1.65. The van der Waals surface area contributed by atoms with Crippen LogP contribution in [0.4, 0.5) is 0 Å². The van der Waals surface area contributed by atoms with Crippen molar-refractivity contribution in [3.63, 3.8) is 0 Å². The largest absolute Gasteiger partial charge is 0.497 e. The molecule has 1 heterocycles. The molecule has 0 aliphatic carbocycles. The van der Waals surface area contributed by atoms with Crippen LogP contribution < -0.4 is 15.4 Å². The molecule has 0 bridgehead atoms. The van der Waals surface area contributed by atoms with Crippen LogP contribution in [0.2, 0.25) is 5.15 Å². The summed E-state index contributed by atoms with van der Waals surface area (Å²) in [6, 6.07) is 12.0. The Morgan fingerprint density at radius 1 is 1.15 bits per heavy atom. The van der Waals surface area contributed by atoms with Gasteiger partial charge < -0.3 is 15.4 Å². The van der Waals surface area contributed by atoms with Crippen molar-refractivity contribution in [1.29, 1.82) is 0 Å². The average Bonchev–Trinajstić information content (AvgIpc) is 2.66. The molecule has 0 unspecified atom stereocenters. The predicted octanol–water partition coefficient (Wildman–Crippen LogP) is 4.05. The van der Waals surface area contributed by atoms with Crippen molar-refractivity contribution < 1.29 is 4.74 Å². The van der Waals surface area contributed by atoms with Crippen LogP contribution in [-0.2, 0) is 11.8 Å². The molecule has 0 aliphatic rings. The Morgan fingerprint density at radius 3 is 2.41 bits per heavy atom. The maximum atomic E-state index is 5.81. The number of pyridine rings is 1. The molecule has 1 aromatic carbocycles. The number of nitrogens with one attached hydrogen (secondary N) is 2. The van der Waals surface area contributed by atoms with E-state index in [4.69, 9.17) is 16.3 Å². The summed E-state index contributed by atoms with van der Waals surface area (Å²) >= 11 is 5.81. The third-order valence-electron chi connectivity index (χ3n) is 4.29. The molecule has 2 aromatic rings. The number of aromatic nitrogens is 1. The van der Waals surface area contributed by atoms with Gasteiger partial charge in [-0.15, -0.1) is 24.0 Å². The van der Waals surface area contributed by atoms with E-state index < -0.39 is 0 Å². The van der Waals surface area contributed by atoms with Gasteiger partial charge in [-0.2, -0.15) is 0 Å². The van der Waals surface area contributed by atoms with Crippen LogP contribution in [0.1, 0.15) is 25.0 Å². The molecule has 2 N–H and O–H groups in total. The number of aliphatic imine (C=N–C) groups is 1. The molecule has 2 rings (SSSR count). The lowest BCUT2D eigenvalue weighted by Gasteiger charge is -2.27. The quantitative estimate of drug-likeness (QED) is 0.260. The number of hydrogen-bond acceptors (Lipinski definition) is 3. The van der Waals surface area contributed by atoms with Crippen LogP contribution in [0, 0.1) is 0 Å². The highest BCUT2D eigenvalue weighted by molar-refractivity contribution is 14.0. The van der Waals surface area contributed by atoms with E-state index in [0.29, 0.717) is 5.15 Å². The van der Waals surface area contributed by atoms with Crippen molar-refractivity contribution in [1.82, 2.24) is 15.6 Å². The van der Waals surface area contributed by atoms with Gasteiger partial charge in [0, 0.05) is 31.7 Å². The maximum absolute atomic E-state index is 5.81. The third-order valence-corrected chi connectivity index (χ3v) is 4.51. The Kier molecular flexibility index (Phi) is 9.87. The normalized spacial score (nSPS) is 11.5. The highest BCUT2D eigenvalue weighted by Gasteiger charge is 2.21. The highest BCUT2D eigenvalue weighted by Crippen LogP contribution is 2.24. The molecule has 0 saturated heterocycles. The lowest BCUT2D eigenvalue weighted by atomic mass is 9.84. The summed E-state index contributed by atoms with van der Waals surface area (Å²) in [6.45, 7) is 5.94. The summed E-state index contributed by atoms with van der Waals surface area (Å²) in [5.41, 5.74) is 2.34. The van der Waals surface area contributed by atoms with Crippen molar-refractivity contribution >= 4 is 41.5 Å². The van der Waals surface area contributed by atoms with Gasteiger partial charge >= 0.3 is 0 Å². The van der Waals surface area contributed by atoms with Crippen molar-refractivity contribution in [2.45, 2.75) is 25.7 Å². The minimum Gasteiger partial charge on any atom is -0.497 e. The van der Waals surface area contributed by atoms with Crippen LogP contribution in [0.3, 0.4) is 0 Å². The monoisotopic (exact) mass is 502 g/mol. The minimum atomic E-state index is -0.0377. The summed E-state index contributed by atoms with van der Waals surface area (Å²) in [6.07, 6.45) is 2.65. The molecular formula is C20H28ClIN4O. The predicted molar refractivity (Wildman–Crippen MR) is 124 cm³/mol. The molecule has 1 aromatic heterocycles. The van der Waals surface area contributed by atoms with Gasteiger partial charge in [-0.25, -0.2) is 4.98 Å². The smallest absolute Gasteiger partial charge is 0.191 e. The van der Waals surface area contributed by atoms with Crippen LogP contribution in [0.15, 0.2) is 47.6 Å². The first-order valence-electron chi connectivity index (χ1n) is 8.64. The van der Waals surface area contributed by atoms with Crippen LogP contribution in [0.25, 0.3) is 0 Å². The Hall–Kier alpha value is -1.54. The summed E-state index contributed by atoms with van der Waals surface area (Å²) in [5, 5.41) is 7.25. The maximum Gasteiger partial charge on any atom is 0.191 e. The van der Waals surface area contributed by atoms with Crippen LogP contribution in [0.5, 0.6) is 5.75 Å². The molecule has 0 fully saturated rings.